The topological polar surface area (TPSA) is 87.2 Å². The van der Waals surface area contributed by atoms with Crippen LogP contribution in [0.4, 0.5) is 4.79 Å². The summed E-state index contributed by atoms with van der Waals surface area (Å²) < 4.78 is 31.1. The standard InChI is InChI=1S/C17H23N3O5S/c1-18(26(23,24)15-5-3-2-4-6-15)13-16(21)19-9-7-14(8-10-19)20-11-12-25-17(20)22/h2-6,14H,7-13H2,1H3. The maximum absolute atomic E-state index is 12.5. The predicted octanol–water partition coefficient (Wildman–Crippen LogP) is 0.750. The van der Waals surface area contributed by atoms with Gasteiger partial charge in [-0.05, 0) is 25.0 Å². The minimum absolute atomic E-state index is 0.0832. The van der Waals surface area contributed by atoms with Crippen LogP contribution in [0.1, 0.15) is 12.8 Å². The molecular formula is C17H23N3O5S. The van der Waals surface area contributed by atoms with Gasteiger partial charge in [0.05, 0.1) is 18.0 Å². The molecule has 0 N–H and O–H groups in total. The number of piperidine rings is 1. The van der Waals surface area contributed by atoms with Crippen molar-refractivity contribution in [1.29, 1.82) is 0 Å². The molecule has 2 amide bonds. The number of nitrogens with zero attached hydrogens (tertiary/aromatic N) is 3. The molecule has 2 aliphatic rings. The third-order valence-electron chi connectivity index (χ3n) is 4.86. The summed E-state index contributed by atoms with van der Waals surface area (Å²) in [5.41, 5.74) is 0. The van der Waals surface area contributed by atoms with Crippen LogP contribution < -0.4 is 0 Å². The van der Waals surface area contributed by atoms with E-state index in [9.17, 15) is 18.0 Å². The van der Waals surface area contributed by atoms with E-state index >= 15 is 0 Å². The first-order valence-corrected chi connectivity index (χ1v) is 10.1. The Hall–Kier alpha value is -2.13. The second kappa shape index (κ2) is 7.63. The van der Waals surface area contributed by atoms with Gasteiger partial charge in [0.1, 0.15) is 6.61 Å². The zero-order valence-corrected chi connectivity index (χ0v) is 15.5. The van der Waals surface area contributed by atoms with Crippen molar-refractivity contribution >= 4 is 22.0 Å². The summed E-state index contributed by atoms with van der Waals surface area (Å²) in [6.07, 6.45) is 1.06. The van der Waals surface area contributed by atoms with Crippen LogP contribution in [-0.2, 0) is 19.6 Å². The van der Waals surface area contributed by atoms with Crippen molar-refractivity contribution in [2.45, 2.75) is 23.8 Å². The highest BCUT2D eigenvalue weighted by molar-refractivity contribution is 7.89. The second-order valence-electron chi connectivity index (χ2n) is 6.49. The molecule has 1 aromatic rings. The van der Waals surface area contributed by atoms with Gasteiger partial charge in [0.25, 0.3) is 0 Å². The van der Waals surface area contributed by atoms with Gasteiger partial charge in [0.2, 0.25) is 15.9 Å². The molecule has 9 heteroatoms. The number of carbonyl (C=O) groups is 2. The highest BCUT2D eigenvalue weighted by Gasteiger charge is 2.34. The Morgan fingerprint density at radius 1 is 1.19 bits per heavy atom. The maximum atomic E-state index is 12.5. The van der Waals surface area contributed by atoms with E-state index in [1.54, 1.807) is 28.0 Å². The van der Waals surface area contributed by atoms with Gasteiger partial charge in [-0.25, -0.2) is 13.2 Å². The number of hydrogen-bond acceptors (Lipinski definition) is 5. The molecule has 1 aromatic carbocycles. The van der Waals surface area contributed by atoms with Crippen molar-refractivity contribution in [2.75, 3.05) is 39.8 Å². The predicted molar refractivity (Wildman–Crippen MR) is 93.9 cm³/mol. The average molecular weight is 381 g/mol. The summed E-state index contributed by atoms with van der Waals surface area (Å²) in [6.45, 7) is 1.82. The van der Waals surface area contributed by atoms with Crippen LogP contribution in [0.15, 0.2) is 35.2 Å². The minimum Gasteiger partial charge on any atom is -0.448 e. The number of rotatable bonds is 5. The van der Waals surface area contributed by atoms with E-state index in [1.165, 1.54) is 19.2 Å². The summed E-state index contributed by atoms with van der Waals surface area (Å²) in [5.74, 6) is -0.227. The van der Waals surface area contributed by atoms with Crippen LogP contribution >= 0.6 is 0 Å². The third-order valence-corrected chi connectivity index (χ3v) is 6.68. The average Bonchev–Trinajstić information content (AvgIpc) is 3.08. The fourth-order valence-electron chi connectivity index (χ4n) is 3.31. The monoisotopic (exact) mass is 381 g/mol. The Bertz CT molecular complexity index is 760. The molecule has 142 valence electrons. The van der Waals surface area contributed by atoms with E-state index in [0.717, 1.165) is 4.31 Å². The molecule has 0 spiro atoms. The van der Waals surface area contributed by atoms with Crippen LogP contribution in [0, 0.1) is 0 Å². The van der Waals surface area contributed by atoms with Gasteiger partial charge in [-0.3, -0.25) is 4.79 Å². The van der Waals surface area contributed by atoms with E-state index in [0.29, 0.717) is 39.1 Å². The number of benzene rings is 1. The number of sulfonamides is 1. The number of likely N-dealkylation sites (N-methyl/N-ethyl adjacent to an activating group) is 1. The van der Waals surface area contributed by atoms with E-state index in [4.69, 9.17) is 4.74 Å². The quantitative estimate of drug-likeness (QED) is 0.751. The van der Waals surface area contributed by atoms with Crippen molar-refractivity contribution in [3.63, 3.8) is 0 Å². The molecule has 2 fully saturated rings. The molecule has 0 aromatic heterocycles. The van der Waals surface area contributed by atoms with Crippen molar-refractivity contribution < 1.29 is 22.7 Å². The molecule has 2 aliphatic heterocycles. The first-order chi connectivity index (χ1) is 12.4. The molecule has 2 saturated heterocycles. The summed E-state index contributed by atoms with van der Waals surface area (Å²) in [7, 11) is -2.28. The highest BCUT2D eigenvalue weighted by atomic mass is 32.2. The molecule has 0 bridgehead atoms. The van der Waals surface area contributed by atoms with Crippen molar-refractivity contribution in [3.05, 3.63) is 30.3 Å². The Morgan fingerprint density at radius 3 is 2.42 bits per heavy atom. The SMILES string of the molecule is CN(CC(=O)N1CCC(N2CCOC2=O)CC1)S(=O)(=O)c1ccccc1. The lowest BCUT2D eigenvalue weighted by Gasteiger charge is -2.36. The molecule has 0 radical (unpaired) electrons. The summed E-state index contributed by atoms with van der Waals surface area (Å²) in [4.78, 5) is 27.7. The van der Waals surface area contributed by atoms with Crippen LogP contribution in [0.5, 0.6) is 0 Å². The smallest absolute Gasteiger partial charge is 0.410 e. The highest BCUT2D eigenvalue weighted by Crippen LogP contribution is 2.20. The van der Waals surface area contributed by atoms with Crippen molar-refractivity contribution in [1.82, 2.24) is 14.1 Å². The fourth-order valence-corrected chi connectivity index (χ4v) is 4.45. The molecule has 0 atom stereocenters. The summed E-state index contributed by atoms with van der Waals surface area (Å²) in [6, 6.07) is 8.14. The lowest BCUT2D eigenvalue weighted by molar-refractivity contribution is -0.132. The van der Waals surface area contributed by atoms with Crippen LogP contribution in [0.25, 0.3) is 0 Å². The maximum Gasteiger partial charge on any atom is 0.410 e. The molecule has 0 unspecified atom stereocenters. The van der Waals surface area contributed by atoms with Gasteiger partial charge < -0.3 is 14.5 Å². The number of likely N-dealkylation sites (tertiary alicyclic amines) is 1. The van der Waals surface area contributed by atoms with E-state index in [2.05, 4.69) is 0 Å². The third kappa shape index (κ3) is 3.83. The number of amides is 2. The van der Waals surface area contributed by atoms with Gasteiger partial charge >= 0.3 is 6.09 Å². The van der Waals surface area contributed by atoms with Crippen LogP contribution in [0.2, 0.25) is 0 Å². The molecular weight excluding hydrogens is 358 g/mol. The Balaban J connectivity index is 1.55. The Morgan fingerprint density at radius 2 is 1.85 bits per heavy atom. The molecule has 2 heterocycles. The van der Waals surface area contributed by atoms with E-state index in [-0.39, 0.29) is 29.5 Å². The number of ether oxygens (including phenoxy) is 1. The van der Waals surface area contributed by atoms with Crippen LogP contribution in [-0.4, -0.2) is 80.4 Å². The zero-order chi connectivity index (χ0) is 18.7. The first kappa shape index (κ1) is 18.7. The number of hydrogen-bond donors (Lipinski definition) is 0. The molecule has 26 heavy (non-hydrogen) atoms. The van der Waals surface area contributed by atoms with Crippen LogP contribution in [0.3, 0.4) is 0 Å². The normalized spacial score (nSPS) is 19.1. The van der Waals surface area contributed by atoms with Crippen molar-refractivity contribution in [3.8, 4) is 0 Å². The molecule has 0 aliphatic carbocycles. The van der Waals surface area contributed by atoms with Gasteiger partial charge in [-0.1, -0.05) is 18.2 Å². The number of carbonyl (C=O) groups excluding carboxylic acids is 2. The van der Waals surface area contributed by atoms with E-state index < -0.39 is 10.0 Å². The van der Waals surface area contributed by atoms with Gasteiger partial charge in [0, 0.05) is 26.2 Å². The molecule has 0 saturated carbocycles. The van der Waals surface area contributed by atoms with Crippen molar-refractivity contribution in [2.24, 2.45) is 0 Å². The minimum atomic E-state index is -3.69. The van der Waals surface area contributed by atoms with Gasteiger partial charge in [-0.15, -0.1) is 0 Å². The largest absolute Gasteiger partial charge is 0.448 e. The van der Waals surface area contributed by atoms with E-state index in [1.807, 2.05) is 0 Å². The molecule has 3 rings (SSSR count). The van der Waals surface area contributed by atoms with Gasteiger partial charge in [0.15, 0.2) is 0 Å². The number of cyclic esters (lactones) is 1. The molecule has 8 nitrogen and oxygen atoms in total. The lowest BCUT2D eigenvalue weighted by atomic mass is 10.0. The zero-order valence-electron chi connectivity index (χ0n) is 14.7. The summed E-state index contributed by atoms with van der Waals surface area (Å²) in [5, 5.41) is 0. The van der Waals surface area contributed by atoms with Gasteiger partial charge in [-0.2, -0.15) is 4.31 Å². The lowest BCUT2D eigenvalue weighted by Crippen LogP contribution is -2.49. The Kier molecular flexibility index (Phi) is 5.47. The second-order valence-corrected chi connectivity index (χ2v) is 8.54. The fraction of sp³-hybridized carbons (Fsp3) is 0.529. The Labute approximate surface area is 153 Å². The first-order valence-electron chi connectivity index (χ1n) is 8.62. The summed E-state index contributed by atoms with van der Waals surface area (Å²) >= 11 is 0.